The van der Waals surface area contributed by atoms with Crippen molar-refractivity contribution in [1.29, 1.82) is 0 Å². The third-order valence-electron chi connectivity index (χ3n) is 1.70. The van der Waals surface area contributed by atoms with Gasteiger partial charge in [0, 0.05) is 11.6 Å². The van der Waals surface area contributed by atoms with Crippen molar-refractivity contribution >= 4 is 11.0 Å². The molecule has 0 amide bonds. The molecule has 0 spiro atoms. The van der Waals surface area contributed by atoms with E-state index >= 15 is 0 Å². The van der Waals surface area contributed by atoms with Gasteiger partial charge in [0.25, 0.3) is 0 Å². The van der Waals surface area contributed by atoms with E-state index in [1.807, 2.05) is 6.07 Å². The summed E-state index contributed by atoms with van der Waals surface area (Å²) < 4.78 is 0.935. The molecule has 0 unspecified atom stereocenters. The Morgan fingerprint density at radius 3 is 3.17 bits per heavy atom. The van der Waals surface area contributed by atoms with Crippen molar-refractivity contribution in [2.45, 2.75) is 0 Å². The van der Waals surface area contributed by atoms with Crippen LogP contribution in [-0.2, 0) is 0 Å². The van der Waals surface area contributed by atoms with Gasteiger partial charge < -0.3 is 5.21 Å². The second kappa shape index (κ2) is 2.28. The van der Waals surface area contributed by atoms with E-state index in [-0.39, 0.29) is 0 Å². The van der Waals surface area contributed by atoms with Gasteiger partial charge in [0.2, 0.25) is 0 Å². The van der Waals surface area contributed by atoms with Crippen molar-refractivity contribution in [3.05, 3.63) is 30.1 Å². The standard InChI is InChI=1S/C9H6N2O/c1-2-7-6-11(12)9-8(7)4-3-5-10-9/h1,3-6,12H. The molecule has 0 saturated heterocycles. The monoisotopic (exact) mass is 158 g/mol. The Morgan fingerprint density at radius 1 is 1.58 bits per heavy atom. The normalized spacial score (nSPS) is 9.92. The van der Waals surface area contributed by atoms with Crippen LogP contribution in [0.1, 0.15) is 5.56 Å². The van der Waals surface area contributed by atoms with Crippen molar-refractivity contribution < 1.29 is 5.21 Å². The van der Waals surface area contributed by atoms with Crippen LogP contribution in [0.4, 0.5) is 0 Å². The molecule has 0 fully saturated rings. The summed E-state index contributed by atoms with van der Waals surface area (Å²) in [5.41, 5.74) is 1.14. The molecule has 0 radical (unpaired) electrons. The molecule has 0 aromatic carbocycles. The molecular weight excluding hydrogens is 152 g/mol. The van der Waals surface area contributed by atoms with E-state index in [1.165, 1.54) is 6.20 Å². The molecule has 0 atom stereocenters. The molecule has 0 bridgehead atoms. The highest BCUT2D eigenvalue weighted by molar-refractivity contribution is 5.83. The second-order valence-electron chi connectivity index (χ2n) is 2.41. The van der Waals surface area contributed by atoms with Gasteiger partial charge >= 0.3 is 0 Å². The maximum Gasteiger partial charge on any atom is 0.176 e. The fourth-order valence-corrected chi connectivity index (χ4v) is 1.16. The minimum atomic E-state index is 0.491. The molecule has 2 heterocycles. The van der Waals surface area contributed by atoms with Gasteiger partial charge in [0.1, 0.15) is 0 Å². The number of rotatable bonds is 0. The van der Waals surface area contributed by atoms with Gasteiger partial charge in [-0.05, 0) is 12.1 Å². The molecule has 0 aliphatic carbocycles. The van der Waals surface area contributed by atoms with Gasteiger partial charge in [-0.1, -0.05) is 5.92 Å². The van der Waals surface area contributed by atoms with Crippen LogP contribution in [0.3, 0.4) is 0 Å². The lowest BCUT2D eigenvalue weighted by Gasteiger charge is -1.90. The van der Waals surface area contributed by atoms with Crippen LogP contribution >= 0.6 is 0 Å². The molecule has 0 saturated carbocycles. The summed E-state index contributed by atoms with van der Waals surface area (Å²) in [7, 11) is 0. The average Bonchev–Trinajstić information content (AvgIpc) is 2.44. The zero-order valence-corrected chi connectivity index (χ0v) is 6.23. The lowest BCUT2D eigenvalue weighted by molar-refractivity contribution is 0.198. The first-order valence-electron chi connectivity index (χ1n) is 3.45. The Hall–Kier alpha value is -1.95. The van der Waals surface area contributed by atoms with E-state index in [2.05, 4.69) is 10.9 Å². The summed E-state index contributed by atoms with van der Waals surface area (Å²) in [5, 5.41) is 10.1. The predicted octanol–water partition coefficient (Wildman–Crippen LogP) is 1.25. The Labute approximate surface area is 69.2 Å². The number of aromatic nitrogens is 2. The van der Waals surface area contributed by atoms with Gasteiger partial charge in [-0.2, -0.15) is 4.73 Å². The van der Waals surface area contributed by atoms with Crippen molar-refractivity contribution in [3.8, 4) is 12.3 Å². The highest BCUT2D eigenvalue weighted by Gasteiger charge is 2.04. The van der Waals surface area contributed by atoms with Crippen molar-refractivity contribution in [1.82, 2.24) is 9.71 Å². The van der Waals surface area contributed by atoms with E-state index in [1.54, 1.807) is 12.3 Å². The Bertz CT molecular complexity index is 465. The minimum absolute atomic E-state index is 0.491. The SMILES string of the molecule is C#Cc1cn(O)c2ncccc12. The highest BCUT2D eigenvalue weighted by Crippen LogP contribution is 2.16. The molecule has 0 aliphatic heterocycles. The first-order chi connectivity index (χ1) is 5.83. The van der Waals surface area contributed by atoms with Gasteiger partial charge in [-0.3, -0.25) is 0 Å². The van der Waals surface area contributed by atoms with Crippen molar-refractivity contribution in [2.24, 2.45) is 0 Å². The fraction of sp³-hybridized carbons (Fsp3) is 0. The molecule has 2 aromatic heterocycles. The number of hydrogen-bond donors (Lipinski definition) is 1. The molecule has 1 N–H and O–H groups in total. The lowest BCUT2D eigenvalue weighted by Crippen LogP contribution is -1.87. The van der Waals surface area contributed by atoms with Gasteiger partial charge in [-0.15, -0.1) is 6.42 Å². The summed E-state index contributed by atoms with van der Waals surface area (Å²) >= 11 is 0. The molecule has 3 heteroatoms. The Balaban J connectivity index is 2.94. The molecule has 3 nitrogen and oxygen atoms in total. The number of terminal acetylenes is 1. The zero-order chi connectivity index (χ0) is 8.55. The van der Waals surface area contributed by atoms with E-state index in [0.29, 0.717) is 11.2 Å². The summed E-state index contributed by atoms with van der Waals surface area (Å²) in [6.07, 6.45) is 8.30. The van der Waals surface area contributed by atoms with E-state index in [9.17, 15) is 5.21 Å². The predicted molar refractivity (Wildman–Crippen MR) is 44.9 cm³/mol. The smallest absolute Gasteiger partial charge is 0.176 e. The Morgan fingerprint density at radius 2 is 2.42 bits per heavy atom. The van der Waals surface area contributed by atoms with Crippen LogP contribution in [0, 0.1) is 12.3 Å². The van der Waals surface area contributed by atoms with Crippen LogP contribution in [0.2, 0.25) is 0 Å². The quantitative estimate of drug-likeness (QED) is 0.463. The van der Waals surface area contributed by atoms with E-state index < -0.39 is 0 Å². The molecule has 12 heavy (non-hydrogen) atoms. The lowest BCUT2D eigenvalue weighted by atomic mass is 10.2. The Kier molecular flexibility index (Phi) is 1.28. The van der Waals surface area contributed by atoms with Crippen LogP contribution in [0.15, 0.2) is 24.5 Å². The molecule has 58 valence electrons. The number of hydrogen-bond acceptors (Lipinski definition) is 2. The fourth-order valence-electron chi connectivity index (χ4n) is 1.16. The average molecular weight is 158 g/mol. The third-order valence-corrected chi connectivity index (χ3v) is 1.70. The molecular formula is C9H6N2O. The number of pyridine rings is 1. The summed E-state index contributed by atoms with van der Waals surface area (Å²) in [6.45, 7) is 0. The summed E-state index contributed by atoms with van der Waals surface area (Å²) in [5.74, 6) is 2.47. The second-order valence-corrected chi connectivity index (χ2v) is 2.41. The molecule has 2 aromatic rings. The summed E-state index contributed by atoms with van der Waals surface area (Å²) in [4.78, 5) is 3.97. The van der Waals surface area contributed by atoms with Crippen molar-refractivity contribution in [3.63, 3.8) is 0 Å². The first kappa shape index (κ1) is 6.74. The van der Waals surface area contributed by atoms with E-state index in [4.69, 9.17) is 6.42 Å². The molecule has 2 rings (SSSR count). The third kappa shape index (κ3) is 0.753. The van der Waals surface area contributed by atoms with Gasteiger partial charge in [0.05, 0.1) is 11.8 Å². The first-order valence-corrected chi connectivity index (χ1v) is 3.45. The molecule has 0 aliphatic rings. The van der Waals surface area contributed by atoms with Crippen LogP contribution < -0.4 is 0 Å². The minimum Gasteiger partial charge on any atom is -0.427 e. The maximum absolute atomic E-state index is 9.28. The maximum atomic E-state index is 9.28. The van der Waals surface area contributed by atoms with Crippen LogP contribution in [0.25, 0.3) is 11.0 Å². The van der Waals surface area contributed by atoms with Crippen LogP contribution in [0.5, 0.6) is 0 Å². The number of fused-ring (bicyclic) bond motifs is 1. The number of nitrogens with zero attached hydrogens (tertiary/aromatic N) is 2. The van der Waals surface area contributed by atoms with Gasteiger partial charge in [-0.25, -0.2) is 4.98 Å². The largest absolute Gasteiger partial charge is 0.427 e. The highest BCUT2D eigenvalue weighted by atomic mass is 16.5. The topological polar surface area (TPSA) is 38.0 Å². The van der Waals surface area contributed by atoms with E-state index in [0.717, 1.165) is 10.1 Å². The summed E-state index contributed by atoms with van der Waals surface area (Å²) in [6, 6.07) is 3.60. The van der Waals surface area contributed by atoms with Crippen molar-refractivity contribution in [2.75, 3.05) is 0 Å². The van der Waals surface area contributed by atoms with Gasteiger partial charge in [0.15, 0.2) is 5.65 Å². The van der Waals surface area contributed by atoms with Crippen LogP contribution in [-0.4, -0.2) is 14.9 Å². The zero-order valence-electron chi connectivity index (χ0n) is 6.23.